The van der Waals surface area contributed by atoms with Crippen molar-refractivity contribution in [3.8, 4) is 0 Å². The molecule has 1 unspecified atom stereocenters. The van der Waals surface area contributed by atoms with Gasteiger partial charge in [0.25, 0.3) is 0 Å². The molecule has 0 aliphatic carbocycles. The van der Waals surface area contributed by atoms with Crippen molar-refractivity contribution in [1.82, 2.24) is 4.90 Å². The van der Waals surface area contributed by atoms with Crippen molar-refractivity contribution in [2.45, 2.75) is 48.7 Å². The predicted octanol–water partition coefficient (Wildman–Crippen LogP) is 0.460. The molecule has 0 aromatic heterocycles. The second-order valence-corrected chi connectivity index (χ2v) is 7.52. The molecular weight excluding hydrogens is 328 g/mol. The van der Waals surface area contributed by atoms with Gasteiger partial charge in [-0.2, -0.15) is 0 Å². The molecule has 0 amide bonds. The number of aliphatic hydroxyl groups is 3. The highest BCUT2D eigenvalue weighted by Crippen LogP contribution is 2.38. The fourth-order valence-corrected chi connectivity index (χ4v) is 4.18. The zero-order valence-corrected chi connectivity index (χ0v) is 14.6. The van der Waals surface area contributed by atoms with Gasteiger partial charge in [0.1, 0.15) is 29.8 Å². The summed E-state index contributed by atoms with van der Waals surface area (Å²) >= 11 is 1.42. The Morgan fingerprint density at radius 1 is 1.21 bits per heavy atom. The van der Waals surface area contributed by atoms with Crippen molar-refractivity contribution in [1.29, 1.82) is 0 Å². The van der Waals surface area contributed by atoms with E-state index < -0.39 is 30.5 Å². The number of aryl methyl sites for hydroxylation is 1. The average molecular weight is 352 g/mol. The summed E-state index contributed by atoms with van der Waals surface area (Å²) in [5.74, 6) is 0. The number of amidine groups is 1. The number of hydrogen-bond donors (Lipinski definition) is 3. The molecule has 0 spiro atoms. The van der Waals surface area contributed by atoms with Gasteiger partial charge in [0.15, 0.2) is 5.17 Å². The van der Waals surface area contributed by atoms with Crippen molar-refractivity contribution >= 4 is 16.9 Å². The Hall–Kier alpha value is -1.12. The zero-order valence-electron chi connectivity index (χ0n) is 13.8. The summed E-state index contributed by atoms with van der Waals surface area (Å²) in [6.07, 6.45) is -2.70. The maximum atomic E-state index is 10.5. The number of benzene rings is 1. The van der Waals surface area contributed by atoms with Crippen LogP contribution in [0.3, 0.4) is 0 Å². The molecule has 0 bridgehead atoms. The summed E-state index contributed by atoms with van der Waals surface area (Å²) in [6, 6.07) is 9.36. The van der Waals surface area contributed by atoms with E-state index in [-0.39, 0.29) is 5.44 Å². The normalized spacial score (nSPS) is 33.7. The van der Waals surface area contributed by atoms with E-state index in [1.165, 1.54) is 11.8 Å². The summed E-state index contributed by atoms with van der Waals surface area (Å²) in [7, 11) is 3.75. The molecule has 1 aromatic carbocycles. The summed E-state index contributed by atoms with van der Waals surface area (Å²) in [5, 5.41) is 31.9. The summed E-state index contributed by atoms with van der Waals surface area (Å²) < 4.78 is 5.89. The number of aliphatic imine (C=N–C) groups is 1. The van der Waals surface area contributed by atoms with Crippen LogP contribution < -0.4 is 0 Å². The summed E-state index contributed by atoms with van der Waals surface area (Å²) in [4.78, 5) is 6.27. The first-order valence-electron chi connectivity index (χ1n) is 8.12. The lowest BCUT2D eigenvalue weighted by molar-refractivity contribution is -0.185. The molecule has 1 saturated heterocycles. The molecule has 6 nitrogen and oxygen atoms in total. The third kappa shape index (κ3) is 3.60. The van der Waals surface area contributed by atoms with E-state index in [0.29, 0.717) is 12.8 Å². The first kappa shape index (κ1) is 17.7. The Balaban J connectivity index is 1.63. The van der Waals surface area contributed by atoms with Gasteiger partial charge in [-0.15, -0.1) is 0 Å². The van der Waals surface area contributed by atoms with E-state index in [2.05, 4.69) is 4.99 Å². The number of aliphatic hydroxyl groups excluding tert-OH is 3. The molecule has 0 radical (unpaired) electrons. The minimum Gasteiger partial charge on any atom is -0.390 e. The van der Waals surface area contributed by atoms with Gasteiger partial charge in [0, 0.05) is 14.1 Å². The fraction of sp³-hybridized carbons (Fsp3) is 0.588. The van der Waals surface area contributed by atoms with Gasteiger partial charge < -0.3 is 25.0 Å². The van der Waals surface area contributed by atoms with E-state index in [0.717, 1.165) is 10.7 Å². The van der Waals surface area contributed by atoms with Crippen LogP contribution >= 0.6 is 11.8 Å². The number of fused-ring (bicyclic) bond motifs is 1. The number of nitrogens with zero attached hydrogens (tertiary/aromatic N) is 2. The lowest BCUT2D eigenvalue weighted by atomic mass is 9.92. The average Bonchev–Trinajstić information content (AvgIpc) is 3.01. The van der Waals surface area contributed by atoms with Gasteiger partial charge in [0.05, 0.1) is 6.10 Å². The van der Waals surface area contributed by atoms with Gasteiger partial charge in [-0.3, -0.25) is 4.99 Å². The Bertz CT molecular complexity index is 583. The van der Waals surface area contributed by atoms with E-state index in [1.54, 1.807) is 0 Å². The Morgan fingerprint density at radius 3 is 2.58 bits per heavy atom. The highest BCUT2D eigenvalue weighted by molar-refractivity contribution is 8.14. The van der Waals surface area contributed by atoms with Crippen molar-refractivity contribution in [2.75, 3.05) is 14.1 Å². The van der Waals surface area contributed by atoms with Crippen LogP contribution in [0, 0.1) is 0 Å². The van der Waals surface area contributed by atoms with E-state index in [9.17, 15) is 15.3 Å². The van der Waals surface area contributed by atoms with Crippen LogP contribution in [0.25, 0.3) is 0 Å². The van der Waals surface area contributed by atoms with E-state index in [4.69, 9.17) is 4.74 Å². The Morgan fingerprint density at radius 2 is 1.92 bits per heavy atom. The molecular formula is C17H24N2O4S. The third-order valence-corrected chi connectivity index (χ3v) is 5.72. The van der Waals surface area contributed by atoms with E-state index in [1.807, 2.05) is 49.3 Å². The molecule has 1 aromatic rings. The molecule has 2 heterocycles. The first-order valence-corrected chi connectivity index (χ1v) is 9.00. The minimum atomic E-state index is -1.15. The van der Waals surface area contributed by atoms with Crippen LogP contribution in [0.15, 0.2) is 35.3 Å². The second-order valence-electron chi connectivity index (χ2n) is 6.46. The topological polar surface area (TPSA) is 85.5 Å². The molecule has 2 aliphatic rings. The molecule has 2 aliphatic heterocycles. The van der Waals surface area contributed by atoms with Crippen LogP contribution in [0.1, 0.15) is 12.0 Å². The van der Waals surface area contributed by atoms with Crippen LogP contribution in [-0.2, 0) is 11.2 Å². The summed E-state index contributed by atoms with van der Waals surface area (Å²) in [5.41, 5.74) is 0.742. The zero-order chi connectivity index (χ0) is 17.3. The molecule has 7 heteroatoms. The number of thioether (sulfide) groups is 1. The highest BCUT2D eigenvalue weighted by Gasteiger charge is 2.50. The van der Waals surface area contributed by atoms with Crippen molar-refractivity contribution in [3.63, 3.8) is 0 Å². The first-order chi connectivity index (χ1) is 11.5. The number of hydrogen-bond acceptors (Lipinski definition) is 7. The number of rotatable bonds is 4. The van der Waals surface area contributed by atoms with Gasteiger partial charge in [-0.1, -0.05) is 42.1 Å². The quantitative estimate of drug-likeness (QED) is 0.730. The molecule has 132 valence electrons. The molecule has 3 N–H and O–H groups in total. The van der Waals surface area contributed by atoms with Crippen LogP contribution in [-0.4, -0.2) is 75.4 Å². The Kier molecular flexibility index (Phi) is 5.46. The molecule has 24 heavy (non-hydrogen) atoms. The second kappa shape index (κ2) is 7.41. The van der Waals surface area contributed by atoms with Crippen LogP contribution in [0.2, 0.25) is 0 Å². The lowest BCUT2D eigenvalue weighted by Crippen LogP contribution is -2.58. The van der Waals surface area contributed by atoms with Gasteiger partial charge in [0.2, 0.25) is 0 Å². The van der Waals surface area contributed by atoms with Crippen LogP contribution in [0.5, 0.6) is 0 Å². The third-order valence-electron chi connectivity index (χ3n) is 4.42. The van der Waals surface area contributed by atoms with Gasteiger partial charge in [-0.25, -0.2) is 0 Å². The summed E-state index contributed by atoms with van der Waals surface area (Å²) in [6.45, 7) is 0. The fourth-order valence-electron chi connectivity index (χ4n) is 3.03. The van der Waals surface area contributed by atoms with E-state index >= 15 is 0 Å². The van der Waals surface area contributed by atoms with Crippen molar-refractivity contribution in [3.05, 3.63) is 35.9 Å². The Labute approximate surface area is 146 Å². The smallest absolute Gasteiger partial charge is 0.161 e. The standard InChI is InChI=1S/C17H24N2O4S/c1-19(2)17-18-12-13(21)14(22)15(23-16(12)24-17)11(20)9-8-10-6-4-3-5-7-10/h3-7,11-16,20-22H,8-9H2,1-2H3/t11-,12+,13+,14-,15?,16+/m0/s1. The largest absolute Gasteiger partial charge is 0.390 e. The molecule has 3 rings (SSSR count). The maximum Gasteiger partial charge on any atom is 0.161 e. The highest BCUT2D eigenvalue weighted by atomic mass is 32.2. The van der Waals surface area contributed by atoms with Gasteiger partial charge in [-0.05, 0) is 18.4 Å². The minimum absolute atomic E-state index is 0.378. The lowest BCUT2D eigenvalue weighted by Gasteiger charge is -2.40. The van der Waals surface area contributed by atoms with Crippen molar-refractivity contribution in [2.24, 2.45) is 4.99 Å². The van der Waals surface area contributed by atoms with Crippen molar-refractivity contribution < 1.29 is 20.1 Å². The number of ether oxygens (including phenoxy) is 1. The SMILES string of the molecule is CN(C)C1=N[C@@H]2[C@@H](O)[C@H](O)C([C@@H](O)CCc3ccccc3)O[C@@H]2S1. The molecule has 1 fully saturated rings. The molecule has 0 saturated carbocycles. The predicted molar refractivity (Wildman–Crippen MR) is 93.9 cm³/mol. The molecule has 6 atom stereocenters. The monoisotopic (exact) mass is 352 g/mol. The van der Waals surface area contributed by atoms with Gasteiger partial charge >= 0.3 is 0 Å². The van der Waals surface area contributed by atoms with Crippen LogP contribution in [0.4, 0.5) is 0 Å². The maximum absolute atomic E-state index is 10.5.